The zero-order valence-electron chi connectivity index (χ0n) is 20.3. The van der Waals surface area contributed by atoms with Crippen LogP contribution >= 0.6 is 22.9 Å². The predicted octanol–water partition coefficient (Wildman–Crippen LogP) is 6.43. The zero-order valence-corrected chi connectivity index (χ0v) is 21.8. The van der Waals surface area contributed by atoms with Gasteiger partial charge in [-0.25, -0.2) is 0 Å². The van der Waals surface area contributed by atoms with Crippen LogP contribution in [0.15, 0.2) is 48.5 Å². The average Bonchev–Trinajstić information content (AvgIpc) is 3.26. The van der Waals surface area contributed by atoms with Crippen molar-refractivity contribution in [2.24, 2.45) is 0 Å². The Hall–Kier alpha value is -2.77. The van der Waals surface area contributed by atoms with Gasteiger partial charge in [0.2, 0.25) is 11.0 Å². The fourth-order valence-corrected chi connectivity index (χ4v) is 4.38. The minimum absolute atomic E-state index is 0.0125. The molecule has 0 unspecified atom stereocenters. The first-order valence-corrected chi connectivity index (χ1v) is 12.6. The summed E-state index contributed by atoms with van der Waals surface area (Å²) in [5.41, 5.74) is 2.67. The summed E-state index contributed by atoms with van der Waals surface area (Å²) < 4.78 is 0. The molecular weight excluding hydrogens is 468 g/mol. The van der Waals surface area contributed by atoms with Gasteiger partial charge in [-0.05, 0) is 48.6 Å². The van der Waals surface area contributed by atoms with Gasteiger partial charge in [-0.2, -0.15) is 0 Å². The quantitative estimate of drug-likeness (QED) is 0.388. The van der Waals surface area contributed by atoms with E-state index in [1.165, 1.54) is 16.9 Å². The third-order valence-electron chi connectivity index (χ3n) is 5.70. The van der Waals surface area contributed by atoms with E-state index in [1.807, 2.05) is 50.2 Å². The SMILES string of the molecule is CC[C@H](C)N(CCC(=O)Nc1nnc(-c2cccc(Cl)c2)s1)C(=O)c1ccc(C(C)(C)C)cc1. The second-order valence-corrected chi connectivity index (χ2v) is 10.7. The zero-order chi connectivity index (χ0) is 24.9. The number of anilines is 1. The van der Waals surface area contributed by atoms with Crippen LogP contribution in [0.25, 0.3) is 10.6 Å². The maximum atomic E-state index is 13.2. The fraction of sp³-hybridized carbons (Fsp3) is 0.385. The number of rotatable bonds is 8. The van der Waals surface area contributed by atoms with E-state index in [4.69, 9.17) is 11.6 Å². The number of amides is 2. The van der Waals surface area contributed by atoms with Crippen molar-refractivity contribution in [3.05, 3.63) is 64.7 Å². The summed E-state index contributed by atoms with van der Waals surface area (Å²) in [6.07, 6.45) is 0.967. The molecule has 1 aromatic heterocycles. The summed E-state index contributed by atoms with van der Waals surface area (Å²) >= 11 is 7.33. The van der Waals surface area contributed by atoms with Gasteiger partial charge in [0.05, 0.1) is 0 Å². The summed E-state index contributed by atoms with van der Waals surface area (Å²) in [4.78, 5) is 27.6. The van der Waals surface area contributed by atoms with Gasteiger partial charge in [0.25, 0.3) is 5.91 Å². The van der Waals surface area contributed by atoms with Gasteiger partial charge in [-0.15, -0.1) is 10.2 Å². The number of nitrogens with zero attached hydrogens (tertiary/aromatic N) is 3. The van der Waals surface area contributed by atoms with Crippen molar-refractivity contribution < 1.29 is 9.59 Å². The molecule has 3 rings (SSSR count). The number of hydrogen-bond acceptors (Lipinski definition) is 5. The Morgan fingerprint density at radius 1 is 1.12 bits per heavy atom. The van der Waals surface area contributed by atoms with Crippen LogP contribution in [0, 0.1) is 0 Å². The summed E-state index contributed by atoms with van der Waals surface area (Å²) in [6.45, 7) is 10.8. The van der Waals surface area contributed by atoms with Crippen molar-refractivity contribution in [2.75, 3.05) is 11.9 Å². The molecule has 1 heterocycles. The van der Waals surface area contributed by atoms with E-state index in [0.717, 1.165) is 12.0 Å². The summed E-state index contributed by atoms with van der Waals surface area (Å²) in [6, 6.07) is 15.1. The van der Waals surface area contributed by atoms with Crippen molar-refractivity contribution in [3.8, 4) is 10.6 Å². The largest absolute Gasteiger partial charge is 0.335 e. The maximum Gasteiger partial charge on any atom is 0.254 e. The van der Waals surface area contributed by atoms with Gasteiger partial charge in [0, 0.05) is 35.2 Å². The molecule has 0 saturated carbocycles. The van der Waals surface area contributed by atoms with Crippen molar-refractivity contribution >= 4 is 39.9 Å². The van der Waals surface area contributed by atoms with Crippen molar-refractivity contribution in [1.29, 1.82) is 0 Å². The summed E-state index contributed by atoms with van der Waals surface area (Å²) in [7, 11) is 0. The number of halogens is 1. The van der Waals surface area contributed by atoms with E-state index >= 15 is 0 Å². The Kier molecular flexibility index (Phi) is 8.44. The Morgan fingerprint density at radius 3 is 2.44 bits per heavy atom. The lowest BCUT2D eigenvalue weighted by Crippen LogP contribution is -2.40. The van der Waals surface area contributed by atoms with Crippen LogP contribution in [0.3, 0.4) is 0 Å². The van der Waals surface area contributed by atoms with Crippen molar-refractivity contribution in [2.45, 2.75) is 58.9 Å². The van der Waals surface area contributed by atoms with Gasteiger partial charge in [0.1, 0.15) is 5.01 Å². The lowest BCUT2D eigenvalue weighted by molar-refractivity contribution is -0.116. The van der Waals surface area contributed by atoms with Gasteiger partial charge < -0.3 is 10.2 Å². The van der Waals surface area contributed by atoms with Crippen LogP contribution in [0.4, 0.5) is 5.13 Å². The number of hydrogen-bond donors (Lipinski definition) is 1. The highest BCUT2D eigenvalue weighted by molar-refractivity contribution is 7.18. The van der Waals surface area contributed by atoms with E-state index in [1.54, 1.807) is 17.0 Å². The van der Waals surface area contributed by atoms with Crippen LogP contribution in [0.2, 0.25) is 5.02 Å². The van der Waals surface area contributed by atoms with E-state index in [-0.39, 0.29) is 29.7 Å². The fourth-order valence-electron chi connectivity index (χ4n) is 3.44. The molecule has 8 heteroatoms. The first-order valence-electron chi connectivity index (χ1n) is 11.4. The highest BCUT2D eigenvalue weighted by atomic mass is 35.5. The summed E-state index contributed by atoms with van der Waals surface area (Å²) in [5, 5.41) is 12.7. The minimum atomic E-state index is -0.210. The summed E-state index contributed by atoms with van der Waals surface area (Å²) in [5.74, 6) is -0.278. The number of carbonyl (C=O) groups is 2. The second kappa shape index (κ2) is 11.1. The Morgan fingerprint density at radius 2 is 1.82 bits per heavy atom. The molecular formula is C26H31ClN4O2S. The molecule has 3 aromatic rings. The van der Waals surface area contributed by atoms with Crippen molar-refractivity contribution in [1.82, 2.24) is 15.1 Å². The number of benzene rings is 2. The first kappa shape index (κ1) is 25.8. The Bertz CT molecular complexity index is 1140. The lowest BCUT2D eigenvalue weighted by Gasteiger charge is -2.29. The molecule has 1 atom stereocenters. The van der Waals surface area contributed by atoms with Crippen LogP contribution in [-0.2, 0) is 10.2 Å². The van der Waals surface area contributed by atoms with Gasteiger partial charge in [0.15, 0.2) is 0 Å². The van der Waals surface area contributed by atoms with Crippen LogP contribution in [-0.4, -0.2) is 39.5 Å². The highest BCUT2D eigenvalue weighted by Crippen LogP contribution is 2.28. The molecule has 0 radical (unpaired) electrons. The topological polar surface area (TPSA) is 75.2 Å². The molecule has 0 spiro atoms. The number of carbonyl (C=O) groups excluding carboxylic acids is 2. The predicted molar refractivity (Wildman–Crippen MR) is 140 cm³/mol. The number of nitrogens with one attached hydrogen (secondary N) is 1. The molecule has 0 fully saturated rings. The Balaban J connectivity index is 1.64. The van der Waals surface area contributed by atoms with Gasteiger partial charge >= 0.3 is 0 Å². The molecule has 2 amide bonds. The Labute approximate surface area is 210 Å². The first-order chi connectivity index (χ1) is 16.1. The van der Waals surface area contributed by atoms with E-state index < -0.39 is 0 Å². The third kappa shape index (κ3) is 6.64. The average molecular weight is 499 g/mol. The third-order valence-corrected chi connectivity index (χ3v) is 6.83. The normalized spacial score (nSPS) is 12.3. The van der Waals surface area contributed by atoms with Gasteiger partial charge in [-0.3, -0.25) is 9.59 Å². The second-order valence-electron chi connectivity index (χ2n) is 9.30. The monoisotopic (exact) mass is 498 g/mol. The van der Waals surface area contributed by atoms with E-state index in [9.17, 15) is 9.59 Å². The van der Waals surface area contributed by atoms with Crippen molar-refractivity contribution in [3.63, 3.8) is 0 Å². The molecule has 0 aliphatic rings. The molecule has 0 bridgehead atoms. The molecule has 2 aromatic carbocycles. The molecule has 6 nitrogen and oxygen atoms in total. The smallest absolute Gasteiger partial charge is 0.254 e. The van der Waals surface area contributed by atoms with E-state index in [2.05, 4.69) is 36.3 Å². The molecule has 0 aliphatic heterocycles. The van der Waals surface area contributed by atoms with Crippen LogP contribution in [0.1, 0.15) is 63.4 Å². The molecule has 180 valence electrons. The highest BCUT2D eigenvalue weighted by Gasteiger charge is 2.22. The standard InChI is InChI=1S/C26H31ClN4O2S/c1-6-17(2)31(24(33)18-10-12-20(13-11-18)26(3,4)5)15-14-22(32)28-25-30-29-23(34-25)19-8-7-9-21(27)16-19/h7-13,16-17H,6,14-15H2,1-5H3,(H,28,30,32)/t17-/m0/s1. The lowest BCUT2D eigenvalue weighted by atomic mass is 9.86. The minimum Gasteiger partial charge on any atom is -0.335 e. The molecule has 1 N–H and O–H groups in total. The molecule has 0 saturated heterocycles. The molecule has 34 heavy (non-hydrogen) atoms. The van der Waals surface area contributed by atoms with Gasteiger partial charge in [-0.1, -0.05) is 74.9 Å². The van der Waals surface area contributed by atoms with Crippen LogP contribution < -0.4 is 5.32 Å². The van der Waals surface area contributed by atoms with E-state index in [0.29, 0.717) is 27.3 Å². The molecule has 0 aliphatic carbocycles. The van der Waals surface area contributed by atoms with Crippen LogP contribution in [0.5, 0.6) is 0 Å². The number of aromatic nitrogens is 2. The maximum absolute atomic E-state index is 13.2.